The fourth-order valence-electron chi connectivity index (χ4n) is 2.74. The SMILES string of the molecule is CC/C(=N/NC(=O)[C@@H]1C[C@@H]1c1ccccc1)c1ccccc1. The van der Waals surface area contributed by atoms with Crippen LogP contribution in [0.3, 0.4) is 0 Å². The molecular formula is C19H20N2O. The summed E-state index contributed by atoms with van der Waals surface area (Å²) in [4.78, 5) is 12.2. The number of nitrogens with one attached hydrogen (secondary N) is 1. The van der Waals surface area contributed by atoms with Crippen LogP contribution < -0.4 is 5.43 Å². The Balaban J connectivity index is 1.62. The molecule has 0 bridgehead atoms. The summed E-state index contributed by atoms with van der Waals surface area (Å²) in [5.74, 6) is 0.425. The molecular weight excluding hydrogens is 272 g/mol. The first-order chi connectivity index (χ1) is 10.8. The number of hydrazone groups is 1. The van der Waals surface area contributed by atoms with Crippen molar-refractivity contribution in [3.8, 4) is 0 Å². The number of hydrogen-bond donors (Lipinski definition) is 1. The molecule has 2 aromatic rings. The Kier molecular flexibility index (Phi) is 4.33. The van der Waals surface area contributed by atoms with Gasteiger partial charge in [-0.2, -0.15) is 5.10 Å². The van der Waals surface area contributed by atoms with Crippen molar-refractivity contribution >= 4 is 11.6 Å². The topological polar surface area (TPSA) is 41.5 Å². The molecule has 0 saturated heterocycles. The molecule has 3 rings (SSSR count). The second kappa shape index (κ2) is 6.56. The van der Waals surface area contributed by atoms with Gasteiger partial charge >= 0.3 is 0 Å². The van der Waals surface area contributed by atoms with Crippen molar-refractivity contribution in [1.82, 2.24) is 5.43 Å². The third-order valence-corrected chi connectivity index (χ3v) is 4.10. The van der Waals surface area contributed by atoms with Crippen molar-refractivity contribution in [2.24, 2.45) is 11.0 Å². The van der Waals surface area contributed by atoms with Crippen molar-refractivity contribution in [2.45, 2.75) is 25.7 Å². The summed E-state index contributed by atoms with van der Waals surface area (Å²) in [5, 5.41) is 4.32. The van der Waals surface area contributed by atoms with Crippen LogP contribution in [-0.4, -0.2) is 11.6 Å². The van der Waals surface area contributed by atoms with Crippen LogP contribution in [0.1, 0.15) is 36.8 Å². The van der Waals surface area contributed by atoms with Crippen LogP contribution in [-0.2, 0) is 4.79 Å². The molecule has 0 heterocycles. The molecule has 3 nitrogen and oxygen atoms in total. The molecule has 0 aliphatic heterocycles. The van der Waals surface area contributed by atoms with Crippen molar-refractivity contribution in [2.75, 3.05) is 0 Å². The first-order valence-corrected chi connectivity index (χ1v) is 7.76. The Labute approximate surface area is 131 Å². The van der Waals surface area contributed by atoms with Gasteiger partial charge in [-0.3, -0.25) is 4.79 Å². The highest BCUT2D eigenvalue weighted by Crippen LogP contribution is 2.47. The van der Waals surface area contributed by atoms with Gasteiger partial charge in [-0.15, -0.1) is 0 Å². The predicted molar refractivity (Wildman–Crippen MR) is 88.7 cm³/mol. The Morgan fingerprint density at radius 3 is 2.36 bits per heavy atom. The lowest BCUT2D eigenvalue weighted by molar-refractivity contribution is -0.122. The number of carbonyl (C=O) groups is 1. The molecule has 0 unspecified atom stereocenters. The normalized spacial score (nSPS) is 20.5. The number of carbonyl (C=O) groups excluding carboxylic acids is 1. The maximum atomic E-state index is 12.2. The standard InChI is InChI=1S/C19H20N2O/c1-2-18(15-11-7-4-8-12-15)20-21-19(22)17-13-16(17)14-9-5-3-6-10-14/h3-12,16-17H,2,13H2,1H3,(H,21,22)/b20-18-/t16-,17-/m1/s1. The number of benzene rings is 2. The number of rotatable bonds is 5. The fourth-order valence-corrected chi connectivity index (χ4v) is 2.74. The lowest BCUT2D eigenvalue weighted by Crippen LogP contribution is -2.22. The molecule has 1 amide bonds. The van der Waals surface area contributed by atoms with E-state index in [2.05, 4.69) is 22.7 Å². The van der Waals surface area contributed by atoms with Gasteiger partial charge in [0, 0.05) is 5.92 Å². The average molecular weight is 292 g/mol. The first kappa shape index (κ1) is 14.5. The summed E-state index contributed by atoms with van der Waals surface area (Å²) in [6.45, 7) is 2.04. The van der Waals surface area contributed by atoms with Gasteiger partial charge in [-0.25, -0.2) is 5.43 Å². The van der Waals surface area contributed by atoms with Crippen molar-refractivity contribution in [1.29, 1.82) is 0 Å². The molecule has 1 aliphatic rings. The fraction of sp³-hybridized carbons (Fsp3) is 0.263. The molecule has 112 valence electrons. The quantitative estimate of drug-likeness (QED) is 0.662. The Morgan fingerprint density at radius 2 is 1.73 bits per heavy atom. The number of amides is 1. The van der Waals surface area contributed by atoms with E-state index in [-0.39, 0.29) is 11.8 Å². The summed E-state index contributed by atoms with van der Waals surface area (Å²) < 4.78 is 0. The van der Waals surface area contributed by atoms with Crippen LogP contribution in [0.5, 0.6) is 0 Å². The summed E-state index contributed by atoms with van der Waals surface area (Å²) in [5.41, 5.74) is 5.95. The molecule has 3 heteroatoms. The van der Waals surface area contributed by atoms with Crippen LogP contribution in [0.25, 0.3) is 0 Å². The maximum absolute atomic E-state index is 12.2. The van der Waals surface area contributed by atoms with Gasteiger partial charge in [-0.05, 0) is 29.9 Å². The molecule has 2 aromatic carbocycles. The van der Waals surface area contributed by atoms with E-state index in [4.69, 9.17) is 0 Å². The second-order valence-electron chi connectivity index (χ2n) is 5.61. The molecule has 1 N–H and O–H groups in total. The van der Waals surface area contributed by atoms with Gasteiger partial charge in [-0.1, -0.05) is 67.6 Å². The smallest absolute Gasteiger partial charge is 0.243 e. The van der Waals surface area contributed by atoms with E-state index in [1.165, 1.54) is 5.56 Å². The first-order valence-electron chi connectivity index (χ1n) is 7.76. The highest BCUT2D eigenvalue weighted by atomic mass is 16.2. The van der Waals surface area contributed by atoms with Crippen LogP contribution in [0.15, 0.2) is 65.8 Å². The predicted octanol–water partition coefficient (Wildman–Crippen LogP) is 3.72. The summed E-state index contributed by atoms with van der Waals surface area (Å²) in [6.07, 6.45) is 1.70. The zero-order valence-corrected chi connectivity index (χ0v) is 12.7. The molecule has 1 aliphatic carbocycles. The third kappa shape index (κ3) is 3.25. The lowest BCUT2D eigenvalue weighted by Gasteiger charge is -2.05. The third-order valence-electron chi connectivity index (χ3n) is 4.10. The zero-order valence-electron chi connectivity index (χ0n) is 12.7. The van der Waals surface area contributed by atoms with E-state index < -0.39 is 0 Å². The molecule has 0 radical (unpaired) electrons. The van der Waals surface area contributed by atoms with Gasteiger partial charge in [0.2, 0.25) is 5.91 Å². The molecule has 2 atom stereocenters. The molecule has 22 heavy (non-hydrogen) atoms. The largest absolute Gasteiger partial charge is 0.273 e. The highest BCUT2D eigenvalue weighted by molar-refractivity contribution is 6.01. The van der Waals surface area contributed by atoms with Gasteiger partial charge in [0.05, 0.1) is 5.71 Å². The average Bonchev–Trinajstić information content (AvgIpc) is 3.38. The molecule has 0 aromatic heterocycles. The number of hydrogen-bond acceptors (Lipinski definition) is 2. The second-order valence-corrected chi connectivity index (χ2v) is 5.61. The van der Waals surface area contributed by atoms with Crippen LogP contribution in [0.2, 0.25) is 0 Å². The highest BCUT2D eigenvalue weighted by Gasteiger charge is 2.43. The zero-order chi connectivity index (χ0) is 15.4. The van der Waals surface area contributed by atoms with E-state index in [0.717, 1.165) is 24.1 Å². The van der Waals surface area contributed by atoms with Gasteiger partial charge in [0.1, 0.15) is 0 Å². The van der Waals surface area contributed by atoms with Gasteiger partial charge in [0.25, 0.3) is 0 Å². The molecule has 1 saturated carbocycles. The summed E-state index contributed by atoms with van der Waals surface area (Å²) in [7, 11) is 0. The van der Waals surface area contributed by atoms with E-state index >= 15 is 0 Å². The van der Waals surface area contributed by atoms with Crippen LogP contribution in [0.4, 0.5) is 0 Å². The summed E-state index contributed by atoms with van der Waals surface area (Å²) in [6, 6.07) is 20.2. The van der Waals surface area contributed by atoms with E-state index in [1.807, 2.05) is 55.5 Å². The monoisotopic (exact) mass is 292 g/mol. The van der Waals surface area contributed by atoms with Gasteiger partial charge in [0.15, 0.2) is 0 Å². The van der Waals surface area contributed by atoms with E-state index in [1.54, 1.807) is 0 Å². The molecule has 1 fully saturated rings. The minimum atomic E-state index is 0.0238. The lowest BCUT2D eigenvalue weighted by atomic mass is 10.1. The Bertz CT molecular complexity index is 664. The molecule has 0 spiro atoms. The minimum absolute atomic E-state index is 0.0238. The van der Waals surface area contributed by atoms with Crippen molar-refractivity contribution < 1.29 is 4.79 Å². The minimum Gasteiger partial charge on any atom is -0.273 e. The Morgan fingerprint density at radius 1 is 1.09 bits per heavy atom. The Hall–Kier alpha value is -2.42. The van der Waals surface area contributed by atoms with Crippen molar-refractivity contribution in [3.05, 3.63) is 71.8 Å². The van der Waals surface area contributed by atoms with Crippen LogP contribution >= 0.6 is 0 Å². The van der Waals surface area contributed by atoms with Crippen LogP contribution in [0, 0.1) is 5.92 Å². The van der Waals surface area contributed by atoms with E-state index in [9.17, 15) is 4.79 Å². The maximum Gasteiger partial charge on any atom is 0.243 e. The van der Waals surface area contributed by atoms with Crippen molar-refractivity contribution in [3.63, 3.8) is 0 Å². The summed E-state index contributed by atoms with van der Waals surface area (Å²) >= 11 is 0. The van der Waals surface area contributed by atoms with Gasteiger partial charge < -0.3 is 0 Å². The number of nitrogens with zero attached hydrogens (tertiary/aromatic N) is 1. The van der Waals surface area contributed by atoms with E-state index in [0.29, 0.717) is 5.92 Å².